The Hall–Kier alpha value is -1.49. The molecule has 0 saturated carbocycles. The van der Waals surface area contributed by atoms with Gasteiger partial charge in [-0.2, -0.15) is 5.26 Å². The monoisotopic (exact) mass is 280 g/mol. The Morgan fingerprint density at radius 1 is 1.42 bits per heavy atom. The number of likely N-dealkylation sites (tertiary alicyclic amines) is 1. The molecule has 7 heteroatoms. The quantitative estimate of drug-likeness (QED) is 0.840. The summed E-state index contributed by atoms with van der Waals surface area (Å²) in [4.78, 5) is 5.92. The number of pyridine rings is 1. The standard InChI is InChI=1S/C12H16N4O2S/c13-10-11-12(4-3-5-14-11)19(17,18)15-6-9-16-7-1-2-8-16/h3-5,15H,1-2,6-9H2. The average Bonchev–Trinajstić information content (AvgIpc) is 2.91. The molecule has 0 aliphatic carbocycles. The number of rotatable bonds is 5. The lowest BCUT2D eigenvalue weighted by molar-refractivity contribution is 0.344. The molecule has 102 valence electrons. The van der Waals surface area contributed by atoms with Gasteiger partial charge in [-0.05, 0) is 38.1 Å². The van der Waals surface area contributed by atoms with Gasteiger partial charge in [0.1, 0.15) is 11.0 Å². The van der Waals surface area contributed by atoms with E-state index in [4.69, 9.17) is 5.26 Å². The largest absolute Gasteiger partial charge is 0.302 e. The van der Waals surface area contributed by atoms with Gasteiger partial charge < -0.3 is 4.90 Å². The van der Waals surface area contributed by atoms with Crippen LogP contribution in [0.2, 0.25) is 0 Å². The number of hydrogen-bond acceptors (Lipinski definition) is 5. The summed E-state index contributed by atoms with van der Waals surface area (Å²) in [5, 5.41) is 8.87. The Bertz CT molecular complexity index is 574. The van der Waals surface area contributed by atoms with Crippen LogP contribution in [0.15, 0.2) is 23.2 Å². The predicted molar refractivity (Wildman–Crippen MR) is 69.8 cm³/mol. The summed E-state index contributed by atoms with van der Waals surface area (Å²) in [6.45, 7) is 3.10. The minimum absolute atomic E-state index is 0.0566. The van der Waals surface area contributed by atoms with Gasteiger partial charge in [0.2, 0.25) is 10.0 Å². The third-order valence-corrected chi connectivity index (χ3v) is 4.58. The fourth-order valence-electron chi connectivity index (χ4n) is 2.11. The average molecular weight is 280 g/mol. The first kappa shape index (κ1) is 13.9. The molecule has 1 saturated heterocycles. The number of sulfonamides is 1. The van der Waals surface area contributed by atoms with Gasteiger partial charge in [0.05, 0.1) is 0 Å². The normalized spacial score (nSPS) is 16.4. The molecule has 1 aromatic rings. The van der Waals surface area contributed by atoms with Crippen molar-refractivity contribution in [3.8, 4) is 6.07 Å². The first-order valence-electron chi connectivity index (χ1n) is 6.20. The lowest BCUT2D eigenvalue weighted by Gasteiger charge is -2.14. The molecule has 2 rings (SSSR count). The molecule has 0 radical (unpaired) electrons. The summed E-state index contributed by atoms with van der Waals surface area (Å²) in [5.41, 5.74) is -0.0730. The molecule has 2 heterocycles. The second-order valence-electron chi connectivity index (χ2n) is 4.41. The van der Waals surface area contributed by atoms with Gasteiger partial charge in [-0.3, -0.25) is 0 Å². The predicted octanol–water partition coefficient (Wildman–Crippen LogP) is 0.327. The summed E-state index contributed by atoms with van der Waals surface area (Å²) >= 11 is 0. The highest BCUT2D eigenvalue weighted by molar-refractivity contribution is 7.89. The summed E-state index contributed by atoms with van der Waals surface area (Å²) < 4.78 is 26.6. The van der Waals surface area contributed by atoms with Crippen molar-refractivity contribution < 1.29 is 8.42 Å². The van der Waals surface area contributed by atoms with Crippen molar-refractivity contribution in [3.05, 3.63) is 24.0 Å². The first-order valence-corrected chi connectivity index (χ1v) is 7.69. The Labute approximate surface area is 113 Å². The molecule has 0 bridgehead atoms. The smallest absolute Gasteiger partial charge is 0.243 e. The molecule has 0 atom stereocenters. The van der Waals surface area contributed by atoms with Gasteiger partial charge >= 0.3 is 0 Å². The maximum absolute atomic E-state index is 12.1. The number of nitrogens with zero attached hydrogens (tertiary/aromatic N) is 3. The fraction of sp³-hybridized carbons (Fsp3) is 0.500. The van der Waals surface area contributed by atoms with Gasteiger partial charge in [-0.25, -0.2) is 18.1 Å². The SMILES string of the molecule is N#Cc1ncccc1S(=O)(=O)NCCN1CCCC1. The number of nitrogens with one attached hydrogen (secondary N) is 1. The van der Waals surface area contributed by atoms with Crippen LogP contribution in [0, 0.1) is 11.3 Å². The number of hydrogen-bond donors (Lipinski definition) is 1. The molecular formula is C12H16N4O2S. The molecule has 19 heavy (non-hydrogen) atoms. The van der Waals surface area contributed by atoms with E-state index in [1.165, 1.54) is 31.2 Å². The van der Waals surface area contributed by atoms with Crippen LogP contribution >= 0.6 is 0 Å². The summed E-state index contributed by atoms with van der Waals surface area (Å²) in [7, 11) is -3.66. The zero-order chi connectivity index (χ0) is 13.7. The van der Waals surface area contributed by atoms with Crippen LogP contribution in [-0.2, 0) is 10.0 Å². The molecule has 1 aromatic heterocycles. The molecule has 0 unspecified atom stereocenters. The van der Waals surface area contributed by atoms with Crippen LogP contribution < -0.4 is 4.72 Å². The third-order valence-electron chi connectivity index (χ3n) is 3.08. The highest BCUT2D eigenvalue weighted by atomic mass is 32.2. The third kappa shape index (κ3) is 3.50. The van der Waals surface area contributed by atoms with E-state index < -0.39 is 10.0 Å². The van der Waals surface area contributed by atoms with Gasteiger partial charge in [0, 0.05) is 19.3 Å². The van der Waals surface area contributed by atoms with Crippen molar-refractivity contribution in [1.29, 1.82) is 5.26 Å². The Balaban J connectivity index is 1.99. The lowest BCUT2D eigenvalue weighted by Crippen LogP contribution is -2.33. The molecule has 0 spiro atoms. The highest BCUT2D eigenvalue weighted by Crippen LogP contribution is 2.11. The summed E-state index contributed by atoms with van der Waals surface area (Å²) in [5.74, 6) is 0. The maximum atomic E-state index is 12.1. The van der Waals surface area contributed by atoms with Crippen LogP contribution in [-0.4, -0.2) is 44.5 Å². The molecule has 1 aliphatic heterocycles. The Morgan fingerprint density at radius 2 is 2.16 bits per heavy atom. The van der Waals surface area contributed by atoms with E-state index in [1.54, 1.807) is 6.07 Å². The minimum Gasteiger partial charge on any atom is -0.302 e. The first-order chi connectivity index (χ1) is 9.13. The number of nitriles is 1. The van der Waals surface area contributed by atoms with Crippen molar-refractivity contribution in [2.75, 3.05) is 26.2 Å². The lowest BCUT2D eigenvalue weighted by atomic mass is 10.4. The van der Waals surface area contributed by atoms with Gasteiger partial charge in [0.15, 0.2) is 5.69 Å². The molecular weight excluding hydrogens is 264 g/mol. The van der Waals surface area contributed by atoms with E-state index in [0.29, 0.717) is 13.1 Å². The zero-order valence-corrected chi connectivity index (χ0v) is 11.4. The van der Waals surface area contributed by atoms with Crippen molar-refractivity contribution >= 4 is 10.0 Å². The van der Waals surface area contributed by atoms with E-state index in [1.807, 2.05) is 0 Å². The molecule has 1 aliphatic rings. The zero-order valence-electron chi connectivity index (χ0n) is 10.5. The van der Waals surface area contributed by atoms with Crippen LogP contribution in [0.5, 0.6) is 0 Å². The van der Waals surface area contributed by atoms with Crippen LogP contribution in [0.3, 0.4) is 0 Å². The molecule has 1 fully saturated rings. The van der Waals surface area contributed by atoms with Gasteiger partial charge in [0.25, 0.3) is 0 Å². The van der Waals surface area contributed by atoms with Crippen molar-refractivity contribution in [3.63, 3.8) is 0 Å². The second-order valence-corrected chi connectivity index (χ2v) is 6.14. The van der Waals surface area contributed by atoms with Crippen molar-refractivity contribution in [2.24, 2.45) is 0 Å². The topological polar surface area (TPSA) is 86.1 Å². The van der Waals surface area contributed by atoms with Crippen LogP contribution in [0.4, 0.5) is 0 Å². The van der Waals surface area contributed by atoms with Crippen LogP contribution in [0.25, 0.3) is 0 Å². The fourth-order valence-corrected chi connectivity index (χ4v) is 3.24. The summed E-state index contributed by atoms with van der Waals surface area (Å²) in [6, 6.07) is 4.69. The van der Waals surface area contributed by atoms with Crippen LogP contribution in [0.1, 0.15) is 18.5 Å². The highest BCUT2D eigenvalue weighted by Gasteiger charge is 2.19. The van der Waals surface area contributed by atoms with E-state index >= 15 is 0 Å². The van der Waals surface area contributed by atoms with Crippen molar-refractivity contribution in [2.45, 2.75) is 17.7 Å². The minimum atomic E-state index is -3.66. The van der Waals surface area contributed by atoms with E-state index in [9.17, 15) is 8.42 Å². The number of aromatic nitrogens is 1. The Morgan fingerprint density at radius 3 is 2.84 bits per heavy atom. The Kier molecular flexibility index (Phi) is 4.47. The van der Waals surface area contributed by atoms with Gasteiger partial charge in [-0.1, -0.05) is 0 Å². The molecule has 0 amide bonds. The van der Waals surface area contributed by atoms with E-state index in [0.717, 1.165) is 13.1 Å². The summed E-state index contributed by atoms with van der Waals surface area (Å²) in [6.07, 6.45) is 3.75. The molecule has 6 nitrogen and oxygen atoms in total. The maximum Gasteiger partial charge on any atom is 0.243 e. The van der Waals surface area contributed by atoms with Gasteiger partial charge in [-0.15, -0.1) is 0 Å². The van der Waals surface area contributed by atoms with E-state index in [-0.39, 0.29) is 10.6 Å². The van der Waals surface area contributed by atoms with Crippen molar-refractivity contribution in [1.82, 2.24) is 14.6 Å². The second kappa shape index (κ2) is 6.10. The molecule has 1 N–H and O–H groups in total. The van der Waals surface area contributed by atoms with E-state index in [2.05, 4.69) is 14.6 Å². The molecule has 0 aromatic carbocycles.